The van der Waals surface area contributed by atoms with Crippen LogP contribution in [0, 0.1) is 0 Å². The third kappa shape index (κ3) is 2.64. The highest BCUT2D eigenvalue weighted by atomic mass is 16.3. The van der Waals surface area contributed by atoms with Crippen molar-refractivity contribution in [1.82, 2.24) is 0 Å². The Morgan fingerprint density at radius 2 is 1.30 bits per heavy atom. The van der Waals surface area contributed by atoms with Crippen LogP contribution in [0.25, 0.3) is 11.1 Å². The van der Waals surface area contributed by atoms with Crippen LogP contribution in [0.5, 0.6) is 11.5 Å². The minimum atomic E-state index is -0.0784. The van der Waals surface area contributed by atoms with Crippen LogP contribution in [0.2, 0.25) is 0 Å². The van der Waals surface area contributed by atoms with Gasteiger partial charge in [0.2, 0.25) is 0 Å². The second kappa shape index (κ2) is 6.00. The molecule has 0 aliphatic heterocycles. The van der Waals surface area contributed by atoms with Gasteiger partial charge in [-0.15, -0.1) is 0 Å². The minimum Gasteiger partial charge on any atom is -0.504 e. The number of hydrogen-bond donors (Lipinski definition) is 2. The van der Waals surface area contributed by atoms with E-state index in [0.717, 1.165) is 30.4 Å². The number of aryl methyl sites for hydroxylation is 2. The molecule has 2 aromatic carbocycles. The van der Waals surface area contributed by atoms with Crippen LogP contribution < -0.4 is 0 Å². The van der Waals surface area contributed by atoms with Crippen molar-refractivity contribution in [3.63, 3.8) is 0 Å². The third-order valence-corrected chi connectivity index (χ3v) is 3.86. The first-order chi connectivity index (χ1) is 9.60. The molecule has 0 saturated carbocycles. The average Bonchev–Trinajstić information content (AvgIpc) is 2.48. The maximum absolute atomic E-state index is 9.67. The fraction of sp³-hybridized carbons (Fsp3) is 0.333. The van der Waals surface area contributed by atoms with Crippen LogP contribution >= 0.6 is 0 Å². The Labute approximate surface area is 120 Å². The number of rotatable bonds is 4. The van der Waals surface area contributed by atoms with E-state index in [1.54, 1.807) is 6.07 Å². The molecule has 0 aromatic heterocycles. The highest BCUT2D eigenvalue weighted by Gasteiger charge is 2.10. The zero-order valence-corrected chi connectivity index (χ0v) is 12.4. The van der Waals surface area contributed by atoms with Crippen LogP contribution in [0.3, 0.4) is 0 Å². The van der Waals surface area contributed by atoms with Crippen LogP contribution in [-0.4, -0.2) is 10.2 Å². The Hall–Kier alpha value is -1.96. The van der Waals surface area contributed by atoms with E-state index in [0.29, 0.717) is 0 Å². The maximum Gasteiger partial charge on any atom is 0.158 e. The number of benzene rings is 2. The Balaban J connectivity index is 2.59. The van der Waals surface area contributed by atoms with Gasteiger partial charge in [-0.3, -0.25) is 0 Å². The SMILES string of the molecule is CCc1cc(-c2ccc(O)c(O)c2)cc(CC)c1CC. The second-order valence-corrected chi connectivity index (χ2v) is 5.04. The molecule has 106 valence electrons. The van der Waals surface area contributed by atoms with Gasteiger partial charge in [-0.05, 0) is 59.2 Å². The lowest BCUT2D eigenvalue weighted by molar-refractivity contribution is 0.404. The van der Waals surface area contributed by atoms with E-state index in [4.69, 9.17) is 0 Å². The highest BCUT2D eigenvalue weighted by molar-refractivity contribution is 5.69. The zero-order chi connectivity index (χ0) is 14.7. The van der Waals surface area contributed by atoms with Gasteiger partial charge in [0.15, 0.2) is 11.5 Å². The maximum atomic E-state index is 9.67. The van der Waals surface area contributed by atoms with E-state index in [1.807, 2.05) is 6.07 Å². The first kappa shape index (κ1) is 14.4. The second-order valence-electron chi connectivity index (χ2n) is 5.04. The molecule has 0 spiro atoms. The predicted molar refractivity (Wildman–Crippen MR) is 83.3 cm³/mol. The van der Waals surface area contributed by atoms with Crippen LogP contribution in [-0.2, 0) is 19.3 Å². The topological polar surface area (TPSA) is 40.5 Å². The fourth-order valence-corrected chi connectivity index (χ4v) is 2.75. The summed E-state index contributed by atoms with van der Waals surface area (Å²) in [5.74, 6) is -0.150. The first-order valence-electron chi connectivity index (χ1n) is 7.27. The van der Waals surface area contributed by atoms with Gasteiger partial charge in [-0.25, -0.2) is 0 Å². The van der Waals surface area contributed by atoms with Crippen LogP contribution in [0.1, 0.15) is 37.5 Å². The van der Waals surface area contributed by atoms with E-state index >= 15 is 0 Å². The minimum absolute atomic E-state index is 0.0711. The molecular formula is C18H22O2. The summed E-state index contributed by atoms with van der Waals surface area (Å²) < 4.78 is 0. The lowest BCUT2D eigenvalue weighted by Crippen LogP contribution is -1.99. The summed E-state index contributed by atoms with van der Waals surface area (Å²) in [4.78, 5) is 0. The van der Waals surface area contributed by atoms with Crippen molar-refractivity contribution in [3.05, 3.63) is 47.0 Å². The quantitative estimate of drug-likeness (QED) is 0.806. The molecule has 0 heterocycles. The van der Waals surface area contributed by atoms with Gasteiger partial charge in [0.1, 0.15) is 0 Å². The molecule has 2 rings (SSSR count). The Bertz CT molecular complexity index is 590. The number of phenols is 2. The zero-order valence-electron chi connectivity index (χ0n) is 12.4. The van der Waals surface area contributed by atoms with Gasteiger partial charge < -0.3 is 10.2 Å². The van der Waals surface area contributed by atoms with Gasteiger partial charge in [-0.1, -0.05) is 39.0 Å². The molecule has 0 amide bonds. The molecule has 0 bridgehead atoms. The lowest BCUT2D eigenvalue weighted by atomic mass is 9.90. The molecule has 2 nitrogen and oxygen atoms in total. The van der Waals surface area contributed by atoms with Crippen molar-refractivity contribution in [1.29, 1.82) is 0 Å². The summed E-state index contributed by atoms with van der Waals surface area (Å²) in [5, 5.41) is 19.1. The van der Waals surface area contributed by atoms with Crippen molar-refractivity contribution in [2.75, 3.05) is 0 Å². The molecular weight excluding hydrogens is 248 g/mol. The Morgan fingerprint density at radius 1 is 0.700 bits per heavy atom. The Kier molecular flexibility index (Phi) is 4.33. The predicted octanol–water partition coefficient (Wildman–Crippen LogP) is 4.45. The van der Waals surface area contributed by atoms with Crippen LogP contribution in [0.15, 0.2) is 30.3 Å². The van der Waals surface area contributed by atoms with E-state index in [2.05, 4.69) is 32.9 Å². The Morgan fingerprint density at radius 3 is 1.75 bits per heavy atom. The number of aromatic hydroxyl groups is 2. The molecule has 0 atom stereocenters. The molecule has 2 N–H and O–H groups in total. The number of hydrogen-bond acceptors (Lipinski definition) is 2. The van der Waals surface area contributed by atoms with E-state index in [1.165, 1.54) is 22.8 Å². The van der Waals surface area contributed by atoms with Crippen molar-refractivity contribution < 1.29 is 10.2 Å². The molecule has 0 aliphatic rings. The van der Waals surface area contributed by atoms with Gasteiger partial charge in [0.05, 0.1) is 0 Å². The summed E-state index contributed by atoms with van der Waals surface area (Å²) >= 11 is 0. The average molecular weight is 270 g/mol. The van der Waals surface area contributed by atoms with Gasteiger partial charge in [0, 0.05) is 0 Å². The smallest absolute Gasteiger partial charge is 0.158 e. The summed E-state index contributed by atoms with van der Waals surface area (Å²) in [5.41, 5.74) is 6.23. The molecule has 0 unspecified atom stereocenters. The fourth-order valence-electron chi connectivity index (χ4n) is 2.75. The monoisotopic (exact) mass is 270 g/mol. The summed E-state index contributed by atoms with van der Waals surface area (Å²) in [7, 11) is 0. The van der Waals surface area contributed by atoms with Crippen molar-refractivity contribution >= 4 is 0 Å². The number of phenolic OH excluding ortho intramolecular Hbond substituents is 2. The summed E-state index contributed by atoms with van der Waals surface area (Å²) in [6, 6.07) is 9.40. The normalized spacial score (nSPS) is 10.8. The lowest BCUT2D eigenvalue weighted by Gasteiger charge is -2.15. The van der Waals surface area contributed by atoms with Gasteiger partial charge in [0.25, 0.3) is 0 Å². The van der Waals surface area contributed by atoms with Crippen molar-refractivity contribution in [3.8, 4) is 22.6 Å². The van der Waals surface area contributed by atoms with Gasteiger partial charge >= 0.3 is 0 Å². The molecule has 20 heavy (non-hydrogen) atoms. The van der Waals surface area contributed by atoms with Crippen molar-refractivity contribution in [2.24, 2.45) is 0 Å². The van der Waals surface area contributed by atoms with E-state index in [-0.39, 0.29) is 11.5 Å². The summed E-state index contributed by atoms with van der Waals surface area (Å²) in [6.45, 7) is 6.54. The van der Waals surface area contributed by atoms with Crippen LogP contribution in [0.4, 0.5) is 0 Å². The molecule has 0 fully saturated rings. The largest absolute Gasteiger partial charge is 0.504 e. The van der Waals surface area contributed by atoms with E-state index < -0.39 is 0 Å². The third-order valence-electron chi connectivity index (χ3n) is 3.86. The first-order valence-corrected chi connectivity index (χ1v) is 7.27. The van der Waals surface area contributed by atoms with Gasteiger partial charge in [-0.2, -0.15) is 0 Å². The highest BCUT2D eigenvalue weighted by Crippen LogP contribution is 2.33. The summed E-state index contributed by atoms with van der Waals surface area (Å²) in [6.07, 6.45) is 3.07. The van der Waals surface area contributed by atoms with Crippen molar-refractivity contribution in [2.45, 2.75) is 40.0 Å². The molecule has 0 aliphatic carbocycles. The van der Waals surface area contributed by atoms with E-state index in [9.17, 15) is 10.2 Å². The molecule has 0 radical (unpaired) electrons. The molecule has 0 saturated heterocycles. The molecule has 2 heteroatoms. The molecule has 2 aromatic rings. The standard InChI is InChI=1S/C18H22O2/c1-4-12-9-15(10-13(5-2)16(12)6-3)14-7-8-17(19)18(20)11-14/h7-11,19-20H,4-6H2,1-3H3.